The van der Waals surface area contributed by atoms with E-state index in [1.54, 1.807) is 0 Å². The molecular weight excluding hydrogens is 360 g/mol. The minimum atomic E-state index is -0.270. The Bertz CT molecular complexity index is 716. The lowest BCUT2D eigenvalue weighted by Gasteiger charge is -2.20. The van der Waals surface area contributed by atoms with Crippen molar-refractivity contribution < 1.29 is 9.53 Å². The molecule has 0 saturated carbocycles. The average molecular weight is 383 g/mol. The van der Waals surface area contributed by atoms with Gasteiger partial charge in [0.05, 0.1) is 17.9 Å². The van der Waals surface area contributed by atoms with Crippen molar-refractivity contribution in [1.29, 1.82) is 0 Å². The van der Waals surface area contributed by atoms with Crippen molar-refractivity contribution in [3.8, 4) is 5.69 Å². The third-order valence-electron chi connectivity index (χ3n) is 3.58. The summed E-state index contributed by atoms with van der Waals surface area (Å²) in [6.07, 6.45) is -0.133. The molecule has 0 radical (unpaired) electrons. The Balaban J connectivity index is 2.33. The molecule has 1 aromatic carbocycles. The Morgan fingerprint density at radius 3 is 2.44 bits per heavy atom. The summed E-state index contributed by atoms with van der Waals surface area (Å²) in [5, 5.41) is 9.92. The van der Waals surface area contributed by atoms with Crippen LogP contribution in [0.1, 0.15) is 32.6 Å². The number of halogens is 1. The van der Waals surface area contributed by atoms with Crippen LogP contribution in [0.5, 0.6) is 0 Å². The minimum Gasteiger partial charge on any atom is -0.462 e. The topological polar surface area (TPSA) is 60.2 Å². The highest BCUT2D eigenvalue weighted by molar-refractivity contribution is 7.99. The number of hydrogen-bond donors (Lipinski definition) is 0. The molecule has 1 heterocycles. The molecular formula is C17H23ClN4O2S. The zero-order valence-electron chi connectivity index (χ0n) is 15.1. The Kier molecular flexibility index (Phi) is 6.87. The lowest BCUT2D eigenvalue weighted by Crippen LogP contribution is -2.20. The van der Waals surface area contributed by atoms with Crippen molar-refractivity contribution in [1.82, 2.24) is 19.7 Å². The van der Waals surface area contributed by atoms with Crippen LogP contribution in [-0.4, -0.2) is 51.6 Å². The first kappa shape index (κ1) is 19.8. The van der Waals surface area contributed by atoms with E-state index in [0.29, 0.717) is 10.2 Å². The first-order valence-electron chi connectivity index (χ1n) is 7.99. The zero-order chi connectivity index (χ0) is 18.6. The van der Waals surface area contributed by atoms with Gasteiger partial charge in [-0.05, 0) is 59.1 Å². The third kappa shape index (κ3) is 5.20. The van der Waals surface area contributed by atoms with Crippen LogP contribution in [-0.2, 0) is 9.53 Å². The lowest BCUT2D eigenvalue weighted by atomic mass is 10.2. The Morgan fingerprint density at radius 2 is 1.88 bits per heavy atom. The van der Waals surface area contributed by atoms with E-state index in [9.17, 15) is 4.79 Å². The van der Waals surface area contributed by atoms with Gasteiger partial charge in [0.15, 0.2) is 11.0 Å². The van der Waals surface area contributed by atoms with E-state index in [1.807, 2.05) is 56.8 Å². The molecule has 0 saturated heterocycles. The maximum atomic E-state index is 11.8. The number of hydrogen-bond acceptors (Lipinski definition) is 6. The molecule has 1 atom stereocenters. The Morgan fingerprint density at radius 1 is 1.24 bits per heavy atom. The van der Waals surface area contributed by atoms with Crippen LogP contribution in [0.3, 0.4) is 0 Å². The van der Waals surface area contributed by atoms with Crippen LogP contribution in [0.4, 0.5) is 0 Å². The van der Waals surface area contributed by atoms with Gasteiger partial charge >= 0.3 is 5.97 Å². The van der Waals surface area contributed by atoms with E-state index in [2.05, 4.69) is 22.0 Å². The highest BCUT2D eigenvalue weighted by Gasteiger charge is 2.21. The van der Waals surface area contributed by atoms with Gasteiger partial charge in [-0.2, -0.15) is 0 Å². The van der Waals surface area contributed by atoms with E-state index in [4.69, 9.17) is 16.3 Å². The van der Waals surface area contributed by atoms with Gasteiger partial charge < -0.3 is 4.74 Å². The maximum Gasteiger partial charge on any atom is 0.316 e. The number of aromatic nitrogens is 3. The zero-order valence-corrected chi connectivity index (χ0v) is 16.6. The van der Waals surface area contributed by atoms with Crippen LogP contribution < -0.4 is 0 Å². The molecule has 0 N–H and O–H groups in total. The van der Waals surface area contributed by atoms with Crippen molar-refractivity contribution >= 4 is 29.3 Å². The van der Waals surface area contributed by atoms with Crippen molar-refractivity contribution in [2.75, 3.05) is 19.8 Å². The molecule has 0 aliphatic heterocycles. The number of carbonyl (C=O) groups excluding carboxylic acids is 1. The van der Waals surface area contributed by atoms with Gasteiger partial charge in [-0.1, -0.05) is 23.4 Å². The Labute approximate surface area is 157 Å². The largest absolute Gasteiger partial charge is 0.462 e. The number of benzene rings is 1. The van der Waals surface area contributed by atoms with E-state index < -0.39 is 0 Å². The van der Waals surface area contributed by atoms with Crippen LogP contribution in [0, 0.1) is 0 Å². The molecule has 2 aromatic rings. The summed E-state index contributed by atoms with van der Waals surface area (Å²) in [5.41, 5.74) is 0.901. The second kappa shape index (κ2) is 8.69. The molecule has 2 rings (SSSR count). The Hall–Kier alpha value is -1.57. The first-order valence-corrected chi connectivity index (χ1v) is 9.36. The highest BCUT2D eigenvalue weighted by atomic mass is 35.5. The molecule has 0 aliphatic rings. The monoisotopic (exact) mass is 382 g/mol. The summed E-state index contributed by atoms with van der Waals surface area (Å²) >= 11 is 7.31. The quantitative estimate of drug-likeness (QED) is 0.538. The predicted octanol–water partition coefficient (Wildman–Crippen LogP) is 3.59. The molecule has 0 unspecified atom stereocenters. The normalized spacial score (nSPS) is 12.6. The number of thioether (sulfide) groups is 1. The summed E-state index contributed by atoms with van der Waals surface area (Å²) in [6.45, 7) is 5.71. The summed E-state index contributed by atoms with van der Waals surface area (Å²) < 4.78 is 7.14. The van der Waals surface area contributed by atoms with Gasteiger partial charge in [0, 0.05) is 10.7 Å². The molecule has 25 heavy (non-hydrogen) atoms. The molecule has 6 nitrogen and oxygen atoms in total. The maximum absolute atomic E-state index is 11.8. The van der Waals surface area contributed by atoms with Crippen molar-refractivity contribution in [3.63, 3.8) is 0 Å². The number of rotatable bonds is 7. The summed E-state index contributed by atoms with van der Waals surface area (Å²) in [6, 6.07) is 7.52. The summed E-state index contributed by atoms with van der Waals surface area (Å²) in [5.74, 6) is 0.708. The lowest BCUT2D eigenvalue weighted by molar-refractivity contribution is -0.144. The standard InChI is InChI=1S/C17H23ClN4O2S/c1-11(2)24-15(23)10-25-17-20-19-16(12(3)21(4)5)22(17)14-8-6-13(18)7-9-14/h6-9,11-12H,10H2,1-5H3/t12-/m1/s1. The molecule has 0 spiro atoms. The van der Waals surface area contributed by atoms with Gasteiger partial charge in [0.1, 0.15) is 0 Å². The molecule has 0 fully saturated rings. The van der Waals surface area contributed by atoms with Crippen LogP contribution in [0.15, 0.2) is 29.4 Å². The second-order valence-electron chi connectivity index (χ2n) is 6.12. The molecule has 0 aliphatic carbocycles. The molecule has 0 bridgehead atoms. The van der Waals surface area contributed by atoms with Crippen LogP contribution in [0.2, 0.25) is 5.02 Å². The van der Waals surface area contributed by atoms with Crippen LogP contribution >= 0.6 is 23.4 Å². The molecule has 136 valence electrons. The van der Waals surface area contributed by atoms with E-state index in [0.717, 1.165) is 11.5 Å². The van der Waals surface area contributed by atoms with E-state index in [1.165, 1.54) is 11.8 Å². The SMILES string of the molecule is CC(C)OC(=O)CSc1nnc([C@@H](C)N(C)C)n1-c1ccc(Cl)cc1. The molecule has 1 aromatic heterocycles. The van der Waals surface area contributed by atoms with Crippen molar-refractivity contribution in [3.05, 3.63) is 35.1 Å². The number of ether oxygens (including phenoxy) is 1. The molecule has 8 heteroatoms. The second-order valence-corrected chi connectivity index (χ2v) is 7.50. The van der Waals surface area contributed by atoms with E-state index >= 15 is 0 Å². The van der Waals surface area contributed by atoms with Gasteiger partial charge in [0.2, 0.25) is 0 Å². The molecule has 0 amide bonds. The average Bonchev–Trinajstić information content (AvgIpc) is 2.96. The smallest absolute Gasteiger partial charge is 0.316 e. The summed E-state index contributed by atoms with van der Waals surface area (Å²) in [4.78, 5) is 13.9. The fraction of sp³-hybridized carbons (Fsp3) is 0.471. The first-order chi connectivity index (χ1) is 11.8. The number of esters is 1. The van der Waals surface area contributed by atoms with Gasteiger partial charge in [-0.3, -0.25) is 14.3 Å². The summed E-state index contributed by atoms with van der Waals surface area (Å²) in [7, 11) is 3.97. The van der Waals surface area contributed by atoms with E-state index in [-0.39, 0.29) is 23.9 Å². The fourth-order valence-electron chi connectivity index (χ4n) is 2.13. The highest BCUT2D eigenvalue weighted by Crippen LogP contribution is 2.27. The van der Waals surface area contributed by atoms with Gasteiger partial charge in [0.25, 0.3) is 0 Å². The number of nitrogens with zero attached hydrogens (tertiary/aromatic N) is 4. The van der Waals surface area contributed by atoms with Crippen molar-refractivity contribution in [2.45, 2.75) is 38.1 Å². The van der Waals surface area contributed by atoms with Gasteiger partial charge in [-0.25, -0.2) is 0 Å². The van der Waals surface area contributed by atoms with Gasteiger partial charge in [-0.15, -0.1) is 10.2 Å². The minimum absolute atomic E-state index is 0.0557. The predicted molar refractivity (Wildman–Crippen MR) is 100 cm³/mol. The number of carbonyl (C=O) groups is 1. The fourth-order valence-corrected chi connectivity index (χ4v) is 3.00. The van der Waals surface area contributed by atoms with Crippen LogP contribution in [0.25, 0.3) is 5.69 Å². The third-order valence-corrected chi connectivity index (χ3v) is 4.73. The van der Waals surface area contributed by atoms with Crippen molar-refractivity contribution in [2.24, 2.45) is 0 Å².